The second-order valence-corrected chi connectivity index (χ2v) is 4.11. The first kappa shape index (κ1) is 11.8. The van der Waals surface area contributed by atoms with Gasteiger partial charge in [0, 0.05) is 22.9 Å². The van der Waals surface area contributed by atoms with E-state index in [1.54, 1.807) is 0 Å². The molecule has 0 fully saturated rings. The lowest BCUT2D eigenvalue weighted by Crippen LogP contribution is -2.27. The molecule has 90 valence electrons. The molecule has 1 heterocycles. The van der Waals surface area contributed by atoms with E-state index in [1.807, 2.05) is 0 Å². The summed E-state index contributed by atoms with van der Waals surface area (Å²) in [5.74, 6) is -2.48. The third-order valence-corrected chi connectivity index (χ3v) is 2.97. The van der Waals surface area contributed by atoms with Crippen LogP contribution in [-0.4, -0.2) is 17.9 Å². The van der Waals surface area contributed by atoms with Crippen molar-refractivity contribution in [3.8, 4) is 5.06 Å². The number of alkyl halides is 3. The second-order valence-electron chi connectivity index (χ2n) is 3.27. The van der Waals surface area contributed by atoms with Crippen molar-refractivity contribution in [3.63, 3.8) is 0 Å². The molecule has 0 aromatic carbocycles. The van der Waals surface area contributed by atoms with E-state index in [2.05, 4.69) is 4.74 Å². The van der Waals surface area contributed by atoms with Crippen LogP contribution >= 0.6 is 11.3 Å². The molecular weight excluding hydrogens is 257 g/mol. The number of carbonyl (C=O) groups is 2. The molecule has 17 heavy (non-hydrogen) atoms. The number of esters is 1. The predicted octanol–water partition coefficient (Wildman–Crippen LogP) is 2.82. The van der Waals surface area contributed by atoms with E-state index in [0.29, 0.717) is 5.56 Å². The van der Waals surface area contributed by atoms with Crippen molar-refractivity contribution < 1.29 is 27.5 Å². The Morgan fingerprint density at radius 3 is 2.76 bits per heavy atom. The monoisotopic (exact) mass is 262 g/mol. The van der Waals surface area contributed by atoms with Gasteiger partial charge in [0.25, 0.3) is 0 Å². The van der Waals surface area contributed by atoms with Crippen LogP contribution in [0.5, 0.6) is 5.06 Å². The molecule has 1 aromatic rings. The van der Waals surface area contributed by atoms with Crippen molar-refractivity contribution in [2.75, 3.05) is 0 Å². The number of halogens is 3. The number of hydrogen-bond donors (Lipinski definition) is 0. The summed E-state index contributed by atoms with van der Waals surface area (Å²) in [5.41, 5.74) is 0.534. The van der Waals surface area contributed by atoms with Crippen molar-refractivity contribution >= 4 is 29.2 Å². The van der Waals surface area contributed by atoms with Gasteiger partial charge in [0.15, 0.2) is 10.8 Å². The molecule has 0 radical (unpaired) electrons. The van der Waals surface area contributed by atoms with Crippen LogP contribution < -0.4 is 4.74 Å². The third kappa shape index (κ3) is 2.23. The minimum Gasteiger partial charge on any atom is -0.408 e. The number of ether oxygens (including phenoxy) is 1. The van der Waals surface area contributed by atoms with E-state index >= 15 is 0 Å². The molecule has 0 atom stereocenters. The van der Waals surface area contributed by atoms with Gasteiger partial charge < -0.3 is 4.74 Å². The van der Waals surface area contributed by atoms with Gasteiger partial charge in [-0.1, -0.05) is 12.2 Å². The molecule has 0 saturated heterocycles. The molecule has 7 heteroatoms. The Labute approximate surface area is 97.5 Å². The van der Waals surface area contributed by atoms with Gasteiger partial charge in [0.2, 0.25) is 0 Å². The number of allylic oxidation sites excluding steroid dienone is 1. The van der Waals surface area contributed by atoms with E-state index in [0.717, 1.165) is 11.3 Å². The van der Waals surface area contributed by atoms with Gasteiger partial charge in [-0.25, -0.2) is 4.79 Å². The van der Waals surface area contributed by atoms with Gasteiger partial charge in [0.05, 0.1) is 0 Å². The van der Waals surface area contributed by atoms with Crippen LogP contribution in [-0.2, 0) is 4.79 Å². The van der Waals surface area contributed by atoms with Gasteiger partial charge >= 0.3 is 12.1 Å². The highest BCUT2D eigenvalue weighted by molar-refractivity contribution is 7.12. The average molecular weight is 262 g/mol. The Morgan fingerprint density at radius 1 is 1.41 bits per heavy atom. The van der Waals surface area contributed by atoms with Crippen molar-refractivity contribution in [1.29, 1.82) is 0 Å². The Morgan fingerprint density at radius 2 is 2.12 bits per heavy atom. The Balaban J connectivity index is 2.28. The van der Waals surface area contributed by atoms with Crippen molar-refractivity contribution in [2.24, 2.45) is 0 Å². The maximum atomic E-state index is 12.0. The summed E-state index contributed by atoms with van der Waals surface area (Å²) < 4.78 is 40.2. The maximum absolute atomic E-state index is 12.0. The smallest absolute Gasteiger partial charge is 0.408 e. The fourth-order valence-corrected chi connectivity index (χ4v) is 2.25. The van der Waals surface area contributed by atoms with Crippen LogP contribution in [0.3, 0.4) is 0 Å². The molecule has 1 aliphatic rings. The van der Waals surface area contributed by atoms with Crippen molar-refractivity contribution in [3.05, 3.63) is 22.6 Å². The van der Waals surface area contributed by atoms with Crippen LogP contribution in [0, 0.1) is 0 Å². The summed E-state index contributed by atoms with van der Waals surface area (Å²) in [4.78, 5) is 22.0. The number of rotatable bonds is 1. The summed E-state index contributed by atoms with van der Waals surface area (Å²) in [7, 11) is 0. The normalized spacial score (nSPS) is 14.6. The van der Waals surface area contributed by atoms with Crippen molar-refractivity contribution in [2.45, 2.75) is 12.6 Å². The summed E-state index contributed by atoms with van der Waals surface area (Å²) in [6, 6.07) is 0. The maximum Gasteiger partial charge on any atom is 0.491 e. The zero-order valence-electron chi connectivity index (χ0n) is 8.21. The first-order valence-electron chi connectivity index (χ1n) is 4.50. The van der Waals surface area contributed by atoms with Crippen LogP contribution in [0.25, 0.3) is 6.08 Å². The first-order chi connectivity index (χ1) is 7.89. The molecule has 0 saturated carbocycles. The van der Waals surface area contributed by atoms with Gasteiger partial charge in [0.1, 0.15) is 0 Å². The topological polar surface area (TPSA) is 43.4 Å². The molecule has 0 unspecified atom stereocenters. The van der Waals surface area contributed by atoms with Crippen LogP contribution in [0.4, 0.5) is 13.2 Å². The lowest BCUT2D eigenvalue weighted by molar-refractivity contribution is -0.189. The number of ketones is 1. The molecule has 0 spiro atoms. The summed E-state index contributed by atoms with van der Waals surface area (Å²) in [6.45, 7) is 0. The highest BCUT2D eigenvalue weighted by atomic mass is 32.1. The Hall–Kier alpha value is -1.63. The molecule has 0 aliphatic heterocycles. The molecule has 0 amide bonds. The Bertz CT molecular complexity index is 513. The largest absolute Gasteiger partial charge is 0.491 e. The van der Waals surface area contributed by atoms with Gasteiger partial charge in [-0.05, 0) is 0 Å². The molecule has 1 aliphatic carbocycles. The van der Waals surface area contributed by atoms with E-state index in [1.165, 1.54) is 17.5 Å². The standard InChI is InChI=1S/C10H5F3O3S/c11-10(12,13)9(15)16-8-5-2-1-3-7(14)6(5)4-17-8/h1-2,4H,3H2. The third-order valence-electron chi connectivity index (χ3n) is 2.10. The molecule has 0 N–H and O–H groups in total. The molecular formula is C10H5F3O3S. The SMILES string of the molecule is O=C1CC=Cc2c1csc2OC(=O)C(F)(F)F. The average Bonchev–Trinajstić information content (AvgIpc) is 2.62. The summed E-state index contributed by atoms with van der Waals surface area (Å²) in [6.07, 6.45) is -1.84. The second kappa shape index (κ2) is 3.99. The van der Waals surface area contributed by atoms with E-state index < -0.39 is 12.1 Å². The fraction of sp³-hybridized carbons (Fsp3) is 0.200. The highest BCUT2D eigenvalue weighted by Crippen LogP contribution is 2.36. The van der Waals surface area contributed by atoms with E-state index in [4.69, 9.17) is 0 Å². The van der Waals surface area contributed by atoms with Crippen LogP contribution in [0.1, 0.15) is 22.3 Å². The minimum atomic E-state index is -5.04. The number of fused-ring (bicyclic) bond motifs is 1. The van der Waals surface area contributed by atoms with E-state index in [9.17, 15) is 22.8 Å². The highest BCUT2D eigenvalue weighted by Gasteiger charge is 2.42. The van der Waals surface area contributed by atoms with Gasteiger partial charge in [-0.15, -0.1) is 11.3 Å². The quantitative estimate of drug-likeness (QED) is 0.731. The zero-order chi connectivity index (χ0) is 12.6. The number of thiophene rings is 1. The molecule has 3 nitrogen and oxygen atoms in total. The van der Waals surface area contributed by atoms with Crippen LogP contribution in [0.2, 0.25) is 0 Å². The molecule has 1 aromatic heterocycles. The van der Waals surface area contributed by atoms with Gasteiger partial charge in [-0.3, -0.25) is 4.79 Å². The van der Waals surface area contributed by atoms with Gasteiger partial charge in [-0.2, -0.15) is 13.2 Å². The van der Waals surface area contributed by atoms with Crippen LogP contribution in [0.15, 0.2) is 11.5 Å². The molecule has 0 bridgehead atoms. The van der Waals surface area contributed by atoms with Crippen molar-refractivity contribution in [1.82, 2.24) is 0 Å². The molecule has 2 rings (SSSR count). The minimum absolute atomic E-state index is 0.201. The lowest BCUT2D eigenvalue weighted by Gasteiger charge is -2.08. The number of hydrogen-bond acceptors (Lipinski definition) is 4. The number of carbonyl (C=O) groups excluding carboxylic acids is 2. The fourth-order valence-electron chi connectivity index (χ4n) is 1.34. The predicted molar refractivity (Wildman–Crippen MR) is 54.0 cm³/mol. The number of Topliss-reactive ketones (excluding diaryl/α,β-unsaturated/α-hetero) is 1. The zero-order valence-corrected chi connectivity index (χ0v) is 9.02. The Kier molecular flexibility index (Phi) is 2.78. The first-order valence-corrected chi connectivity index (χ1v) is 5.38. The summed E-state index contributed by atoms with van der Waals surface area (Å²) in [5, 5.41) is 1.19. The van der Waals surface area contributed by atoms with E-state index in [-0.39, 0.29) is 22.8 Å². The lowest BCUT2D eigenvalue weighted by atomic mass is 10.0. The summed E-state index contributed by atoms with van der Waals surface area (Å²) >= 11 is 0.798.